The molecule has 0 spiro atoms. The van der Waals surface area contributed by atoms with Gasteiger partial charge < -0.3 is 14.8 Å². The summed E-state index contributed by atoms with van der Waals surface area (Å²) in [7, 11) is -3.02. The minimum absolute atomic E-state index is 0.0697. The number of hydrogen-bond donors (Lipinski definition) is 2. The van der Waals surface area contributed by atoms with Gasteiger partial charge in [-0.15, -0.1) is 0 Å². The summed E-state index contributed by atoms with van der Waals surface area (Å²) in [5.41, 5.74) is -0.914. The minimum Gasteiger partial charge on any atom is -0.495 e. The van der Waals surface area contributed by atoms with Crippen LogP contribution >= 0.6 is 0 Å². The van der Waals surface area contributed by atoms with Gasteiger partial charge in [-0.2, -0.15) is 13.2 Å². The first-order chi connectivity index (χ1) is 15.1. The number of amides is 1. The molecule has 3 atom stereocenters. The lowest BCUT2D eigenvalue weighted by Crippen LogP contribution is -2.29. The molecule has 2 aromatic carbocycles. The van der Waals surface area contributed by atoms with Crippen molar-refractivity contribution in [1.82, 2.24) is 0 Å². The van der Waals surface area contributed by atoms with Gasteiger partial charge in [-0.1, -0.05) is 18.2 Å². The first kappa shape index (κ1) is 22.2. The number of fused-ring (bicyclic) bond motifs is 2. The molecule has 1 fully saturated rings. The number of halogens is 3. The number of methoxy groups -OCH3 is 1. The van der Waals surface area contributed by atoms with Crippen molar-refractivity contribution >= 4 is 27.3 Å². The fourth-order valence-corrected chi connectivity index (χ4v) is 4.90. The van der Waals surface area contributed by atoms with Crippen LogP contribution in [0.2, 0.25) is 0 Å². The molecule has 2 aromatic rings. The molecule has 0 aromatic heterocycles. The van der Waals surface area contributed by atoms with E-state index in [1.54, 1.807) is 0 Å². The number of carbonyl (C=O) groups excluding carboxylic acids is 1. The van der Waals surface area contributed by atoms with Crippen LogP contribution in [-0.4, -0.2) is 33.6 Å². The Labute approximate surface area is 182 Å². The molecule has 170 valence electrons. The lowest BCUT2D eigenvalue weighted by molar-refractivity contribution is -0.137. The van der Waals surface area contributed by atoms with Crippen molar-refractivity contribution in [1.29, 1.82) is 0 Å². The van der Waals surface area contributed by atoms with Crippen LogP contribution < -0.4 is 14.8 Å². The Bertz CT molecular complexity index is 1180. The predicted octanol–water partition coefficient (Wildman–Crippen LogP) is 3.80. The highest BCUT2D eigenvalue weighted by atomic mass is 32.2. The summed E-state index contributed by atoms with van der Waals surface area (Å²) in [5, 5.41) is 2.72. The second-order valence-electron chi connectivity index (χ2n) is 7.41. The van der Waals surface area contributed by atoms with Crippen LogP contribution in [0.5, 0.6) is 5.75 Å². The van der Waals surface area contributed by atoms with Crippen molar-refractivity contribution < 1.29 is 35.9 Å². The molecule has 7 nitrogen and oxygen atoms in total. The average Bonchev–Trinajstić information content (AvgIpc) is 3.36. The van der Waals surface area contributed by atoms with Crippen LogP contribution in [0.4, 0.5) is 24.5 Å². The van der Waals surface area contributed by atoms with Gasteiger partial charge in [0.2, 0.25) is 5.91 Å². The summed E-state index contributed by atoms with van der Waals surface area (Å²) in [5.74, 6) is -0.685. The van der Waals surface area contributed by atoms with Gasteiger partial charge in [0.25, 0.3) is 10.0 Å². The summed E-state index contributed by atoms with van der Waals surface area (Å²) >= 11 is 0. The van der Waals surface area contributed by atoms with E-state index >= 15 is 0 Å². The van der Waals surface area contributed by atoms with Gasteiger partial charge in [0.15, 0.2) is 0 Å². The molecular weight excluding hydrogens is 449 g/mol. The second-order valence-corrected chi connectivity index (χ2v) is 9.06. The van der Waals surface area contributed by atoms with Gasteiger partial charge >= 0.3 is 6.18 Å². The topological polar surface area (TPSA) is 93.7 Å². The van der Waals surface area contributed by atoms with Crippen LogP contribution in [0.25, 0.3) is 0 Å². The Morgan fingerprint density at radius 2 is 1.91 bits per heavy atom. The lowest BCUT2D eigenvalue weighted by atomic mass is 9.93. The maximum absolute atomic E-state index is 12.9. The molecule has 2 heterocycles. The lowest BCUT2D eigenvalue weighted by Gasteiger charge is -2.17. The number of rotatable bonds is 6. The van der Waals surface area contributed by atoms with E-state index in [0.717, 1.165) is 12.1 Å². The molecule has 2 aliphatic heterocycles. The third-order valence-corrected chi connectivity index (χ3v) is 6.65. The number of nitrogens with one attached hydrogen (secondary N) is 2. The number of ether oxygens (including phenoxy) is 2. The van der Waals surface area contributed by atoms with Gasteiger partial charge in [0.1, 0.15) is 10.6 Å². The molecule has 3 unspecified atom stereocenters. The van der Waals surface area contributed by atoms with Crippen LogP contribution in [0.15, 0.2) is 59.5 Å². The van der Waals surface area contributed by atoms with Crippen molar-refractivity contribution in [2.45, 2.75) is 29.7 Å². The highest BCUT2D eigenvalue weighted by molar-refractivity contribution is 7.92. The Kier molecular flexibility index (Phi) is 5.63. The van der Waals surface area contributed by atoms with Crippen molar-refractivity contribution in [3.63, 3.8) is 0 Å². The van der Waals surface area contributed by atoms with Crippen LogP contribution in [0.1, 0.15) is 12.0 Å². The van der Waals surface area contributed by atoms with Crippen molar-refractivity contribution in [2.24, 2.45) is 5.92 Å². The molecule has 11 heteroatoms. The van der Waals surface area contributed by atoms with E-state index in [0.29, 0.717) is 18.2 Å². The largest absolute Gasteiger partial charge is 0.495 e. The number of carbonyl (C=O) groups is 1. The quantitative estimate of drug-likeness (QED) is 0.629. The number of hydrogen-bond acceptors (Lipinski definition) is 5. The molecule has 0 radical (unpaired) electrons. The van der Waals surface area contributed by atoms with E-state index < -0.39 is 21.8 Å². The minimum atomic E-state index is -4.61. The Morgan fingerprint density at radius 3 is 2.53 bits per heavy atom. The maximum Gasteiger partial charge on any atom is 0.416 e. The van der Waals surface area contributed by atoms with Crippen molar-refractivity contribution in [3.8, 4) is 5.75 Å². The Hall–Kier alpha value is -3.05. The molecule has 32 heavy (non-hydrogen) atoms. The highest BCUT2D eigenvalue weighted by Gasteiger charge is 2.41. The molecule has 2 N–H and O–H groups in total. The zero-order valence-corrected chi connectivity index (χ0v) is 17.5. The monoisotopic (exact) mass is 468 g/mol. The van der Waals surface area contributed by atoms with E-state index in [1.165, 1.54) is 31.4 Å². The number of sulfonamides is 1. The smallest absolute Gasteiger partial charge is 0.416 e. The van der Waals surface area contributed by atoms with E-state index in [2.05, 4.69) is 10.0 Å². The highest BCUT2D eigenvalue weighted by Crippen LogP contribution is 2.36. The van der Waals surface area contributed by atoms with Gasteiger partial charge in [-0.05, 0) is 36.8 Å². The van der Waals surface area contributed by atoms with Crippen molar-refractivity contribution in [3.05, 3.63) is 60.2 Å². The first-order valence-corrected chi connectivity index (χ1v) is 11.1. The molecule has 2 bridgehead atoms. The van der Waals surface area contributed by atoms with Crippen LogP contribution in [0.3, 0.4) is 0 Å². The molecule has 4 rings (SSSR count). The van der Waals surface area contributed by atoms with Gasteiger partial charge in [0, 0.05) is 17.4 Å². The normalized spacial score (nSPS) is 22.1. The zero-order chi connectivity index (χ0) is 23.1. The second kappa shape index (κ2) is 8.14. The van der Waals surface area contributed by atoms with E-state index in [-0.39, 0.29) is 40.4 Å². The number of anilines is 2. The summed E-state index contributed by atoms with van der Waals surface area (Å²) < 4.78 is 77.2. The fraction of sp³-hybridized carbons (Fsp3) is 0.286. The fourth-order valence-electron chi connectivity index (χ4n) is 3.70. The summed E-state index contributed by atoms with van der Waals surface area (Å²) in [6.07, 6.45) is -0.642. The standard InChI is InChI=1S/C21H19F3N2O5S/c1-30-18-10-13(25-20(27)16-11-15-6-7-17(16)31-15)5-8-19(18)32(28,29)26-14-4-2-3-12(9-14)21(22,23)24/h2-10,15-17,26H,11H2,1H3,(H,25,27). The Balaban J connectivity index is 1.53. The van der Waals surface area contributed by atoms with Gasteiger partial charge in [-0.25, -0.2) is 8.42 Å². The summed E-state index contributed by atoms with van der Waals surface area (Å²) in [6, 6.07) is 7.78. The molecule has 2 aliphatic rings. The summed E-state index contributed by atoms with van der Waals surface area (Å²) in [6.45, 7) is 0. The maximum atomic E-state index is 12.9. The molecule has 1 amide bonds. The zero-order valence-electron chi connectivity index (χ0n) is 16.7. The summed E-state index contributed by atoms with van der Waals surface area (Å²) in [4.78, 5) is 12.3. The van der Waals surface area contributed by atoms with E-state index in [1.807, 2.05) is 12.2 Å². The first-order valence-electron chi connectivity index (χ1n) is 9.59. The molecular formula is C21H19F3N2O5S. The van der Waals surface area contributed by atoms with Crippen molar-refractivity contribution in [2.75, 3.05) is 17.1 Å². The third kappa shape index (κ3) is 4.44. The van der Waals surface area contributed by atoms with Gasteiger partial charge in [-0.3, -0.25) is 9.52 Å². The average molecular weight is 468 g/mol. The number of benzene rings is 2. The SMILES string of the molecule is COc1cc(NC(=O)C2CC3C=CC2O3)ccc1S(=O)(=O)Nc1cccc(C(F)(F)F)c1. The molecule has 0 aliphatic carbocycles. The van der Waals surface area contributed by atoms with E-state index in [4.69, 9.17) is 9.47 Å². The van der Waals surface area contributed by atoms with Crippen LogP contribution in [0, 0.1) is 5.92 Å². The third-order valence-electron chi connectivity index (χ3n) is 5.23. The predicted molar refractivity (Wildman–Crippen MR) is 110 cm³/mol. The molecule has 0 saturated carbocycles. The van der Waals surface area contributed by atoms with Gasteiger partial charge in [0.05, 0.1) is 30.8 Å². The molecule has 1 saturated heterocycles. The van der Waals surface area contributed by atoms with Crippen LogP contribution in [-0.2, 0) is 25.7 Å². The number of alkyl halides is 3. The Morgan fingerprint density at radius 1 is 1.12 bits per heavy atom. The van der Waals surface area contributed by atoms with E-state index in [9.17, 15) is 26.4 Å².